The molecule has 1 fully saturated rings. The Balaban J connectivity index is 1.95. The molecule has 2 rings (SSSR count). The van der Waals surface area contributed by atoms with E-state index in [0.717, 1.165) is 18.4 Å². The van der Waals surface area contributed by atoms with E-state index < -0.39 is 17.8 Å². The standard InChI is InChI=1S/C15H18ClNO3/c16-11-5-3-4-10(8-11)9-17-14(18)12-6-1-2-7-13(12)15(19)20/h3-5,8,12-13H,1-2,6-7,9H2,(H,17,18)(H,19,20). The van der Waals surface area contributed by atoms with Crippen molar-refractivity contribution in [2.45, 2.75) is 32.2 Å². The summed E-state index contributed by atoms with van der Waals surface area (Å²) in [6.45, 7) is 0.377. The van der Waals surface area contributed by atoms with Crippen molar-refractivity contribution < 1.29 is 14.7 Å². The van der Waals surface area contributed by atoms with Crippen LogP contribution in [0, 0.1) is 11.8 Å². The monoisotopic (exact) mass is 295 g/mol. The molecule has 0 aromatic heterocycles. The highest BCUT2D eigenvalue weighted by Crippen LogP contribution is 2.30. The number of aliphatic carboxylic acids is 1. The molecule has 1 aliphatic rings. The minimum atomic E-state index is -0.868. The third-order valence-corrected chi connectivity index (χ3v) is 4.01. The summed E-state index contributed by atoms with van der Waals surface area (Å²) in [5.41, 5.74) is 0.911. The van der Waals surface area contributed by atoms with Crippen LogP contribution in [0.3, 0.4) is 0 Å². The maximum Gasteiger partial charge on any atom is 0.307 e. The zero-order chi connectivity index (χ0) is 14.5. The quantitative estimate of drug-likeness (QED) is 0.897. The number of amides is 1. The fourth-order valence-electron chi connectivity index (χ4n) is 2.71. The summed E-state index contributed by atoms with van der Waals surface area (Å²) in [5, 5.41) is 12.6. The second kappa shape index (κ2) is 6.75. The molecule has 1 saturated carbocycles. The average molecular weight is 296 g/mol. The molecule has 0 bridgehead atoms. The van der Waals surface area contributed by atoms with E-state index in [9.17, 15) is 14.7 Å². The van der Waals surface area contributed by atoms with Crippen LogP contribution >= 0.6 is 11.6 Å². The Bertz CT molecular complexity index is 504. The summed E-state index contributed by atoms with van der Waals surface area (Å²) in [7, 11) is 0. The molecule has 0 radical (unpaired) electrons. The van der Waals surface area contributed by atoms with Gasteiger partial charge in [0.2, 0.25) is 5.91 Å². The van der Waals surface area contributed by atoms with Crippen molar-refractivity contribution in [2.24, 2.45) is 11.8 Å². The Morgan fingerprint density at radius 2 is 1.95 bits per heavy atom. The smallest absolute Gasteiger partial charge is 0.307 e. The predicted octanol–water partition coefficient (Wildman–Crippen LogP) is 2.85. The van der Waals surface area contributed by atoms with Crippen molar-refractivity contribution in [3.63, 3.8) is 0 Å². The molecule has 4 nitrogen and oxygen atoms in total. The zero-order valence-corrected chi connectivity index (χ0v) is 11.9. The Morgan fingerprint density at radius 1 is 1.25 bits per heavy atom. The molecule has 0 aliphatic heterocycles. The van der Waals surface area contributed by atoms with Crippen molar-refractivity contribution >= 4 is 23.5 Å². The van der Waals surface area contributed by atoms with Gasteiger partial charge in [-0.2, -0.15) is 0 Å². The minimum Gasteiger partial charge on any atom is -0.481 e. The van der Waals surface area contributed by atoms with E-state index in [1.165, 1.54) is 0 Å². The Morgan fingerprint density at radius 3 is 2.60 bits per heavy atom. The largest absolute Gasteiger partial charge is 0.481 e. The van der Waals surface area contributed by atoms with E-state index in [1.807, 2.05) is 12.1 Å². The van der Waals surface area contributed by atoms with Crippen LogP contribution in [0.1, 0.15) is 31.2 Å². The molecule has 2 N–H and O–H groups in total. The van der Waals surface area contributed by atoms with E-state index in [4.69, 9.17) is 11.6 Å². The molecular formula is C15H18ClNO3. The van der Waals surface area contributed by atoms with Gasteiger partial charge in [-0.25, -0.2) is 0 Å². The van der Waals surface area contributed by atoms with Crippen molar-refractivity contribution in [3.05, 3.63) is 34.9 Å². The molecule has 0 spiro atoms. The first-order valence-corrected chi connectivity index (χ1v) is 7.20. The lowest BCUT2D eigenvalue weighted by Gasteiger charge is -2.27. The van der Waals surface area contributed by atoms with Gasteiger partial charge in [0.1, 0.15) is 0 Å². The van der Waals surface area contributed by atoms with Crippen LogP contribution in [-0.4, -0.2) is 17.0 Å². The second-order valence-corrected chi connectivity index (χ2v) is 5.62. The van der Waals surface area contributed by atoms with Crippen LogP contribution in [-0.2, 0) is 16.1 Å². The highest BCUT2D eigenvalue weighted by Gasteiger charge is 2.35. The molecule has 2 atom stereocenters. The van der Waals surface area contributed by atoms with E-state index in [2.05, 4.69) is 5.32 Å². The highest BCUT2D eigenvalue weighted by atomic mass is 35.5. The summed E-state index contributed by atoms with van der Waals surface area (Å²) in [6, 6.07) is 7.26. The summed E-state index contributed by atoms with van der Waals surface area (Å²) in [5.74, 6) is -2.01. The number of halogens is 1. The fourth-order valence-corrected chi connectivity index (χ4v) is 2.92. The van der Waals surface area contributed by atoms with E-state index in [0.29, 0.717) is 24.4 Å². The number of carbonyl (C=O) groups is 2. The van der Waals surface area contributed by atoms with Gasteiger partial charge in [0.15, 0.2) is 0 Å². The molecule has 2 unspecified atom stereocenters. The van der Waals surface area contributed by atoms with Gasteiger partial charge < -0.3 is 10.4 Å². The van der Waals surface area contributed by atoms with E-state index >= 15 is 0 Å². The molecular weight excluding hydrogens is 278 g/mol. The van der Waals surface area contributed by atoms with Crippen LogP contribution < -0.4 is 5.32 Å². The van der Waals surface area contributed by atoms with Crippen molar-refractivity contribution in [1.82, 2.24) is 5.32 Å². The Kier molecular flexibility index (Phi) is 5.01. The van der Waals surface area contributed by atoms with Crippen molar-refractivity contribution in [3.8, 4) is 0 Å². The molecule has 0 heterocycles. The molecule has 5 heteroatoms. The van der Waals surface area contributed by atoms with Crippen molar-refractivity contribution in [1.29, 1.82) is 0 Å². The van der Waals surface area contributed by atoms with Crippen LogP contribution in [0.5, 0.6) is 0 Å². The number of hydrogen-bond donors (Lipinski definition) is 2. The first-order valence-electron chi connectivity index (χ1n) is 6.83. The number of carboxylic acid groups (broad SMARTS) is 1. The maximum absolute atomic E-state index is 12.2. The third kappa shape index (κ3) is 3.73. The third-order valence-electron chi connectivity index (χ3n) is 3.78. The summed E-state index contributed by atoms with van der Waals surface area (Å²) < 4.78 is 0. The molecule has 108 valence electrons. The van der Waals surface area contributed by atoms with Gasteiger partial charge in [0.25, 0.3) is 0 Å². The topological polar surface area (TPSA) is 66.4 Å². The predicted molar refractivity (Wildman–Crippen MR) is 76.4 cm³/mol. The number of hydrogen-bond acceptors (Lipinski definition) is 2. The molecule has 1 amide bonds. The summed E-state index contributed by atoms with van der Waals surface area (Å²) >= 11 is 5.88. The maximum atomic E-state index is 12.2. The van der Waals surface area contributed by atoms with Crippen LogP contribution in [0.4, 0.5) is 0 Å². The van der Waals surface area contributed by atoms with Gasteiger partial charge in [0.05, 0.1) is 11.8 Å². The normalized spacial score (nSPS) is 22.2. The highest BCUT2D eigenvalue weighted by molar-refractivity contribution is 6.30. The van der Waals surface area contributed by atoms with Gasteiger partial charge >= 0.3 is 5.97 Å². The van der Waals surface area contributed by atoms with Crippen molar-refractivity contribution in [2.75, 3.05) is 0 Å². The van der Waals surface area contributed by atoms with Crippen LogP contribution in [0.2, 0.25) is 5.02 Å². The minimum absolute atomic E-state index is 0.169. The van der Waals surface area contributed by atoms with Crippen LogP contribution in [0.25, 0.3) is 0 Å². The molecule has 1 aromatic carbocycles. The molecule has 1 aliphatic carbocycles. The number of rotatable bonds is 4. The van der Waals surface area contributed by atoms with E-state index in [-0.39, 0.29) is 5.91 Å². The van der Waals surface area contributed by atoms with E-state index in [1.54, 1.807) is 12.1 Å². The molecule has 0 saturated heterocycles. The second-order valence-electron chi connectivity index (χ2n) is 5.18. The molecule has 20 heavy (non-hydrogen) atoms. The lowest BCUT2D eigenvalue weighted by Crippen LogP contribution is -2.39. The van der Waals surface area contributed by atoms with Gasteiger partial charge in [-0.1, -0.05) is 36.6 Å². The van der Waals surface area contributed by atoms with Gasteiger partial charge in [-0.15, -0.1) is 0 Å². The number of carbonyl (C=O) groups excluding carboxylic acids is 1. The summed E-state index contributed by atoms with van der Waals surface area (Å²) in [6.07, 6.45) is 3.04. The first kappa shape index (κ1) is 14.9. The van der Waals surface area contributed by atoms with Gasteiger partial charge in [-0.3, -0.25) is 9.59 Å². The number of nitrogens with one attached hydrogen (secondary N) is 1. The molecule has 1 aromatic rings. The first-order chi connectivity index (χ1) is 9.58. The Hall–Kier alpha value is -1.55. The lowest BCUT2D eigenvalue weighted by atomic mass is 9.78. The fraction of sp³-hybridized carbons (Fsp3) is 0.467. The SMILES string of the molecule is O=C(O)C1CCCCC1C(=O)NCc1cccc(Cl)c1. The lowest BCUT2D eigenvalue weighted by molar-refractivity contribution is -0.148. The number of benzene rings is 1. The van der Waals surface area contributed by atoms with Crippen LogP contribution in [0.15, 0.2) is 24.3 Å². The number of carboxylic acids is 1. The van der Waals surface area contributed by atoms with Gasteiger partial charge in [-0.05, 0) is 30.5 Å². The average Bonchev–Trinajstić information content (AvgIpc) is 2.45. The van der Waals surface area contributed by atoms with Gasteiger partial charge in [0, 0.05) is 11.6 Å². The Labute approximate surface area is 123 Å². The zero-order valence-electron chi connectivity index (χ0n) is 11.1. The summed E-state index contributed by atoms with van der Waals surface area (Å²) in [4.78, 5) is 23.4.